The predicted molar refractivity (Wildman–Crippen MR) is 118 cm³/mol. The molecule has 2 unspecified atom stereocenters. The number of amides is 2. The van der Waals surface area contributed by atoms with Crippen LogP contribution in [0.4, 0.5) is 4.79 Å². The lowest BCUT2D eigenvalue weighted by Crippen LogP contribution is -2.59. The number of nitrogens with zero attached hydrogens (tertiary/aromatic N) is 2. The summed E-state index contributed by atoms with van der Waals surface area (Å²) in [4.78, 5) is 42.4. The number of carbonyl (C=O) groups excluding carboxylic acids is 2. The third-order valence-corrected chi connectivity index (χ3v) is 8.73. The molecule has 8 nitrogen and oxygen atoms in total. The van der Waals surface area contributed by atoms with Gasteiger partial charge >= 0.3 is 11.8 Å². The van der Waals surface area contributed by atoms with Crippen molar-refractivity contribution in [2.45, 2.75) is 50.7 Å². The molecule has 2 aromatic rings. The normalized spacial score (nSPS) is 35.5. The van der Waals surface area contributed by atoms with E-state index < -0.39 is 5.41 Å². The number of para-hydroxylation sites is 1. The van der Waals surface area contributed by atoms with Gasteiger partial charge in [-0.1, -0.05) is 17.7 Å². The lowest BCUT2D eigenvalue weighted by atomic mass is 9.48. The van der Waals surface area contributed by atoms with Crippen molar-refractivity contribution in [1.82, 2.24) is 14.5 Å². The fourth-order valence-corrected chi connectivity index (χ4v) is 7.53. The van der Waals surface area contributed by atoms with Crippen molar-refractivity contribution in [3.05, 3.63) is 33.7 Å². The molecule has 7 rings (SSSR count). The van der Waals surface area contributed by atoms with Crippen LogP contribution in [0.3, 0.4) is 0 Å². The van der Waals surface area contributed by atoms with E-state index in [4.69, 9.17) is 22.1 Å². The van der Waals surface area contributed by atoms with Gasteiger partial charge in [0.05, 0.1) is 27.5 Å². The zero-order valence-electron chi connectivity index (χ0n) is 17.8. The number of halogens is 1. The van der Waals surface area contributed by atoms with E-state index in [2.05, 4.69) is 4.98 Å². The Morgan fingerprint density at radius 2 is 1.94 bits per heavy atom. The van der Waals surface area contributed by atoms with Crippen LogP contribution < -0.4 is 11.4 Å². The van der Waals surface area contributed by atoms with Gasteiger partial charge in [-0.15, -0.1) is 0 Å². The number of fused-ring (bicyclic) bond motifs is 1. The molecule has 5 aliphatic rings. The average Bonchev–Trinajstić information content (AvgIpc) is 3.34. The molecule has 0 radical (unpaired) electrons. The summed E-state index contributed by atoms with van der Waals surface area (Å²) in [6.45, 7) is 0.940. The van der Waals surface area contributed by atoms with E-state index in [0.29, 0.717) is 41.5 Å². The van der Waals surface area contributed by atoms with Gasteiger partial charge in [0.25, 0.3) is 0 Å². The van der Waals surface area contributed by atoms with Crippen molar-refractivity contribution < 1.29 is 14.3 Å². The van der Waals surface area contributed by atoms with E-state index in [1.807, 2.05) is 6.07 Å². The molecule has 3 N–H and O–H groups in total. The molecule has 0 spiro atoms. The van der Waals surface area contributed by atoms with Gasteiger partial charge in [-0.25, -0.2) is 9.59 Å². The predicted octanol–water partition coefficient (Wildman–Crippen LogP) is 3.05. The van der Waals surface area contributed by atoms with Crippen LogP contribution in [-0.2, 0) is 9.53 Å². The van der Waals surface area contributed by atoms with E-state index in [9.17, 15) is 14.4 Å². The van der Waals surface area contributed by atoms with Crippen LogP contribution in [0.15, 0.2) is 23.0 Å². The Bertz CT molecular complexity index is 1160. The summed E-state index contributed by atoms with van der Waals surface area (Å²) in [5.41, 5.74) is 6.53. The third kappa shape index (κ3) is 2.91. The minimum Gasteiger partial charge on any atom is -0.446 e. The van der Waals surface area contributed by atoms with Crippen LogP contribution in [-0.4, -0.2) is 45.6 Å². The van der Waals surface area contributed by atoms with Crippen LogP contribution in [0, 0.1) is 23.2 Å². The van der Waals surface area contributed by atoms with E-state index >= 15 is 0 Å². The quantitative estimate of drug-likeness (QED) is 0.736. The van der Waals surface area contributed by atoms with Crippen LogP contribution >= 0.6 is 11.6 Å². The number of carbonyl (C=O) groups is 2. The molecule has 1 saturated heterocycles. The first-order chi connectivity index (χ1) is 15.3. The fraction of sp³-hybridized carbons (Fsp3) is 0.609. The summed E-state index contributed by atoms with van der Waals surface area (Å²) in [5, 5.41) is 0.513. The van der Waals surface area contributed by atoms with Crippen molar-refractivity contribution in [1.29, 1.82) is 0 Å². The van der Waals surface area contributed by atoms with Gasteiger partial charge in [0, 0.05) is 13.1 Å². The number of likely N-dealkylation sites (tertiary alicyclic amines) is 1. The van der Waals surface area contributed by atoms with Gasteiger partial charge in [0.15, 0.2) is 0 Å². The summed E-state index contributed by atoms with van der Waals surface area (Å²) in [6.07, 6.45) is 4.58. The third-order valence-electron chi connectivity index (χ3n) is 8.42. The van der Waals surface area contributed by atoms with Crippen molar-refractivity contribution in [3.63, 3.8) is 0 Å². The topological polar surface area (TPSA) is 110 Å². The Labute approximate surface area is 190 Å². The Balaban J connectivity index is 1.17. The SMILES string of the molecule is NC(=O)[C@]12CC3CC(C1)[C@@H](OC(=O)N1CC[C@H](n4c(=O)[nH]c5cccc(Cl)c54)C1)C(C3)C2. The highest BCUT2D eigenvalue weighted by atomic mass is 35.5. The Morgan fingerprint density at radius 1 is 1.19 bits per heavy atom. The zero-order valence-corrected chi connectivity index (χ0v) is 18.5. The van der Waals surface area contributed by atoms with Gasteiger partial charge in [0.1, 0.15) is 6.10 Å². The highest BCUT2D eigenvalue weighted by molar-refractivity contribution is 6.34. The van der Waals surface area contributed by atoms with Crippen molar-refractivity contribution in [3.8, 4) is 0 Å². The van der Waals surface area contributed by atoms with Crippen LogP contribution in [0.5, 0.6) is 0 Å². The second-order valence-corrected chi connectivity index (χ2v) is 10.7. The van der Waals surface area contributed by atoms with Gasteiger partial charge in [0.2, 0.25) is 5.91 Å². The van der Waals surface area contributed by atoms with E-state index in [0.717, 1.165) is 32.1 Å². The highest BCUT2D eigenvalue weighted by Crippen LogP contribution is 2.60. The van der Waals surface area contributed by atoms with Gasteiger partial charge < -0.3 is 20.4 Å². The smallest absolute Gasteiger partial charge is 0.410 e. The summed E-state index contributed by atoms with van der Waals surface area (Å²) >= 11 is 6.37. The molecule has 2 amide bonds. The molecule has 32 heavy (non-hydrogen) atoms. The Hall–Kier alpha value is -2.48. The molecule has 4 aliphatic carbocycles. The van der Waals surface area contributed by atoms with E-state index in [1.165, 1.54) is 0 Å². The number of primary amides is 1. The largest absolute Gasteiger partial charge is 0.446 e. The number of rotatable bonds is 3. The standard InChI is InChI=1S/C23H27ClN4O4/c24-16-2-1-3-17-18(16)28(21(30)26-17)15-4-5-27(11-15)22(31)32-19-13-6-12-7-14(19)10-23(8-12,9-13)20(25)29/h1-3,12-15,19H,4-11H2,(H2,25,29)(H,26,30)/t12?,13?,14?,15-,19-,23-/m0/s1. The number of aromatic amines is 1. The number of hydrogen-bond acceptors (Lipinski definition) is 4. The Kier molecular flexibility index (Phi) is 4.41. The summed E-state index contributed by atoms with van der Waals surface area (Å²) in [7, 11) is 0. The number of ether oxygens (including phenoxy) is 1. The first kappa shape index (κ1) is 20.1. The first-order valence-corrected chi connectivity index (χ1v) is 11.9. The van der Waals surface area contributed by atoms with E-state index in [-0.39, 0.29) is 41.7 Å². The summed E-state index contributed by atoms with van der Waals surface area (Å²) in [5.74, 6) is 0.758. The molecule has 1 aromatic heterocycles. The Morgan fingerprint density at radius 3 is 2.66 bits per heavy atom. The molecule has 4 bridgehead atoms. The number of H-pyrrole nitrogens is 1. The molecule has 2 heterocycles. The highest BCUT2D eigenvalue weighted by Gasteiger charge is 2.59. The minimum atomic E-state index is -0.395. The maximum absolute atomic E-state index is 13.1. The molecule has 5 fully saturated rings. The van der Waals surface area contributed by atoms with Crippen LogP contribution in [0.25, 0.3) is 11.0 Å². The lowest BCUT2D eigenvalue weighted by molar-refractivity contribution is -0.161. The number of aromatic nitrogens is 2. The molecule has 170 valence electrons. The minimum absolute atomic E-state index is 0.143. The number of nitrogens with two attached hydrogens (primary N) is 1. The van der Waals surface area contributed by atoms with Crippen LogP contribution in [0.2, 0.25) is 5.02 Å². The monoisotopic (exact) mass is 458 g/mol. The van der Waals surface area contributed by atoms with Gasteiger partial charge in [-0.05, 0) is 68.4 Å². The second-order valence-electron chi connectivity index (χ2n) is 10.3. The number of nitrogens with one attached hydrogen (secondary N) is 1. The molecule has 4 saturated carbocycles. The lowest BCUT2D eigenvalue weighted by Gasteiger charge is -2.58. The summed E-state index contributed by atoms with van der Waals surface area (Å²) < 4.78 is 7.73. The van der Waals surface area contributed by atoms with Crippen LogP contribution in [0.1, 0.15) is 44.6 Å². The first-order valence-electron chi connectivity index (χ1n) is 11.5. The second kappa shape index (κ2) is 7.01. The molecule has 1 aromatic carbocycles. The average molecular weight is 459 g/mol. The maximum Gasteiger partial charge on any atom is 0.410 e. The number of benzene rings is 1. The van der Waals surface area contributed by atoms with Crippen molar-refractivity contribution in [2.24, 2.45) is 28.9 Å². The number of imidazole rings is 1. The zero-order chi connectivity index (χ0) is 22.2. The molecule has 3 atom stereocenters. The van der Waals surface area contributed by atoms with Gasteiger partial charge in [-0.3, -0.25) is 9.36 Å². The molecular formula is C23H27ClN4O4. The molecule has 9 heteroatoms. The molecular weight excluding hydrogens is 432 g/mol. The van der Waals surface area contributed by atoms with Crippen molar-refractivity contribution in [2.75, 3.05) is 13.1 Å². The van der Waals surface area contributed by atoms with Crippen molar-refractivity contribution >= 4 is 34.6 Å². The number of hydrogen-bond donors (Lipinski definition) is 2. The molecule has 1 aliphatic heterocycles. The van der Waals surface area contributed by atoms with Gasteiger partial charge in [-0.2, -0.15) is 0 Å². The van der Waals surface area contributed by atoms with E-state index in [1.54, 1.807) is 21.6 Å². The maximum atomic E-state index is 13.1. The summed E-state index contributed by atoms with van der Waals surface area (Å²) in [6, 6.07) is 5.24. The fourth-order valence-electron chi connectivity index (χ4n) is 7.27.